The van der Waals surface area contributed by atoms with Gasteiger partial charge in [0.15, 0.2) is 0 Å². The molecule has 29 heavy (non-hydrogen) atoms. The summed E-state index contributed by atoms with van der Waals surface area (Å²) < 4.78 is 5.75. The summed E-state index contributed by atoms with van der Waals surface area (Å²) in [6, 6.07) is 11.2. The summed E-state index contributed by atoms with van der Waals surface area (Å²) >= 11 is 1.86. The van der Waals surface area contributed by atoms with E-state index < -0.39 is 0 Å². The molecule has 158 valence electrons. The zero-order valence-electron chi connectivity index (χ0n) is 18.0. The minimum atomic E-state index is -0.0856. The third kappa shape index (κ3) is 6.42. The van der Waals surface area contributed by atoms with Crippen molar-refractivity contribution in [2.24, 2.45) is 0 Å². The molecule has 0 saturated heterocycles. The van der Waals surface area contributed by atoms with Crippen LogP contribution in [0.15, 0.2) is 35.7 Å². The van der Waals surface area contributed by atoms with Crippen LogP contribution in [0.3, 0.4) is 0 Å². The van der Waals surface area contributed by atoms with E-state index in [2.05, 4.69) is 42.3 Å². The van der Waals surface area contributed by atoms with Crippen LogP contribution >= 0.6 is 11.3 Å². The van der Waals surface area contributed by atoms with Crippen molar-refractivity contribution in [2.45, 2.75) is 77.7 Å². The molecule has 3 rings (SSSR count). The van der Waals surface area contributed by atoms with Crippen LogP contribution in [0.2, 0.25) is 0 Å². The van der Waals surface area contributed by atoms with Gasteiger partial charge in [-0.15, -0.1) is 11.3 Å². The molecule has 3 nitrogen and oxygen atoms in total. The average molecular weight is 414 g/mol. The predicted molar refractivity (Wildman–Crippen MR) is 122 cm³/mol. The van der Waals surface area contributed by atoms with Crippen LogP contribution in [-0.4, -0.2) is 30.0 Å². The molecule has 0 amide bonds. The fourth-order valence-corrected chi connectivity index (χ4v) is 5.02. The number of ether oxygens (including phenoxy) is 1. The Balaban J connectivity index is 1.62. The van der Waals surface area contributed by atoms with Gasteiger partial charge >= 0.3 is 5.97 Å². The van der Waals surface area contributed by atoms with Crippen LogP contribution in [0, 0.1) is 0 Å². The molecule has 0 radical (unpaired) electrons. The Labute approximate surface area is 180 Å². The summed E-state index contributed by atoms with van der Waals surface area (Å²) in [7, 11) is 0. The Bertz CT molecular complexity index is 756. The quantitative estimate of drug-likeness (QED) is 0.255. The molecule has 0 N–H and O–H groups in total. The Morgan fingerprint density at radius 3 is 2.79 bits per heavy atom. The molecule has 0 aliphatic heterocycles. The summed E-state index contributed by atoms with van der Waals surface area (Å²) in [5, 5.41) is 2.17. The summed E-state index contributed by atoms with van der Waals surface area (Å²) in [5.41, 5.74) is 2.61. The number of rotatable bonds is 11. The molecular formula is C25H35NO2S. The van der Waals surface area contributed by atoms with E-state index >= 15 is 0 Å². The number of esters is 1. The number of carbonyl (C=O) groups excluding carboxylic acids is 1. The number of thiophene rings is 1. The molecule has 2 aromatic rings. The van der Waals surface area contributed by atoms with Crippen molar-refractivity contribution >= 4 is 17.3 Å². The molecule has 4 heteroatoms. The van der Waals surface area contributed by atoms with Crippen LogP contribution in [0.5, 0.6) is 5.75 Å². The highest BCUT2D eigenvalue weighted by Crippen LogP contribution is 2.32. The van der Waals surface area contributed by atoms with Gasteiger partial charge in [-0.1, -0.05) is 44.9 Å². The first-order valence-corrected chi connectivity index (χ1v) is 12.2. The van der Waals surface area contributed by atoms with Crippen molar-refractivity contribution in [2.75, 3.05) is 13.1 Å². The molecule has 0 saturated carbocycles. The topological polar surface area (TPSA) is 29.5 Å². The maximum Gasteiger partial charge on any atom is 0.311 e. The highest BCUT2D eigenvalue weighted by atomic mass is 32.1. The summed E-state index contributed by atoms with van der Waals surface area (Å²) in [6.45, 7) is 6.69. The molecule has 0 fully saturated rings. The first-order valence-electron chi connectivity index (χ1n) is 11.3. The lowest BCUT2D eigenvalue weighted by molar-refractivity contribution is -0.134. The molecule has 1 heterocycles. The second kappa shape index (κ2) is 11.5. The van der Waals surface area contributed by atoms with E-state index in [0.29, 0.717) is 12.5 Å². The van der Waals surface area contributed by atoms with E-state index in [0.717, 1.165) is 63.8 Å². The predicted octanol–water partition coefficient (Wildman–Crippen LogP) is 6.05. The zero-order valence-corrected chi connectivity index (χ0v) is 18.8. The number of benzene rings is 1. The highest BCUT2D eigenvalue weighted by molar-refractivity contribution is 7.09. The van der Waals surface area contributed by atoms with Gasteiger partial charge in [-0.2, -0.15) is 0 Å². The molecule has 1 aliphatic rings. The molecule has 0 spiro atoms. The van der Waals surface area contributed by atoms with E-state index in [-0.39, 0.29) is 5.97 Å². The fourth-order valence-electron chi connectivity index (χ4n) is 4.33. The van der Waals surface area contributed by atoms with Crippen LogP contribution in [-0.2, 0) is 24.1 Å². The molecule has 1 aromatic heterocycles. The van der Waals surface area contributed by atoms with Gasteiger partial charge < -0.3 is 4.74 Å². The van der Waals surface area contributed by atoms with E-state index in [1.165, 1.54) is 22.4 Å². The van der Waals surface area contributed by atoms with Gasteiger partial charge in [-0.05, 0) is 73.7 Å². The monoisotopic (exact) mass is 413 g/mol. The minimum absolute atomic E-state index is 0.0856. The third-order valence-corrected chi connectivity index (χ3v) is 6.81. The normalized spacial score (nSPS) is 16.0. The van der Waals surface area contributed by atoms with Gasteiger partial charge in [0.1, 0.15) is 5.75 Å². The van der Waals surface area contributed by atoms with Crippen LogP contribution in [0.25, 0.3) is 0 Å². The number of hydrogen-bond donors (Lipinski definition) is 0. The number of hydrogen-bond acceptors (Lipinski definition) is 4. The second-order valence-electron chi connectivity index (χ2n) is 8.09. The van der Waals surface area contributed by atoms with Crippen molar-refractivity contribution < 1.29 is 9.53 Å². The molecule has 1 aromatic carbocycles. The fraction of sp³-hybridized carbons (Fsp3) is 0.560. The average Bonchev–Trinajstić information content (AvgIpc) is 3.25. The lowest BCUT2D eigenvalue weighted by Gasteiger charge is -2.35. The lowest BCUT2D eigenvalue weighted by Crippen LogP contribution is -2.41. The third-order valence-electron chi connectivity index (χ3n) is 5.87. The number of unbranched alkanes of at least 4 members (excludes halogenated alkanes) is 2. The summed E-state index contributed by atoms with van der Waals surface area (Å²) in [6.07, 6.45) is 9.16. The van der Waals surface area contributed by atoms with Gasteiger partial charge in [0.05, 0.1) is 0 Å². The van der Waals surface area contributed by atoms with Crippen molar-refractivity contribution in [3.63, 3.8) is 0 Å². The largest absolute Gasteiger partial charge is 0.426 e. The molecule has 0 bridgehead atoms. The molecule has 1 aliphatic carbocycles. The van der Waals surface area contributed by atoms with E-state index in [1.54, 1.807) is 0 Å². The van der Waals surface area contributed by atoms with Crippen LogP contribution < -0.4 is 4.74 Å². The van der Waals surface area contributed by atoms with Crippen molar-refractivity contribution in [1.29, 1.82) is 0 Å². The molecule has 1 unspecified atom stereocenters. The summed E-state index contributed by atoms with van der Waals surface area (Å²) in [5.74, 6) is 0.709. The Kier molecular flexibility index (Phi) is 8.75. The number of fused-ring (bicyclic) bond motifs is 1. The van der Waals surface area contributed by atoms with Crippen molar-refractivity contribution in [1.82, 2.24) is 4.90 Å². The van der Waals surface area contributed by atoms with E-state index in [4.69, 9.17) is 4.74 Å². The number of nitrogens with zero attached hydrogens (tertiary/aromatic N) is 1. The van der Waals surface area contributed by atoms with Crippen LogP contribution in [0.1, 0.15) is 68.4 Å². The van der Waals surface area contributed by atoms with Gasteiger partial charge in [0, 0.05) is 23.9 Å². The van der Waals surface area contributed by atoms with Gasteiger partial charge in [0.2, 0.25) is 0 Å². The van der Waals surface area contributed by atoms with Crippen molar-refractivity contribution in [3.05, 3.63) is 51.7 Å². The van der Waals surface area contributed by atoms with E-state index in [1.807, 2.05) is 23.5 Å². The standard InChI is InChI=1S/C25H35NO2S/c1-3-5-6-12-25(27)28-24-11-7-9-20-19-21(13-14-23(20)24)26(16-4-2)17-15-22-10-8-18-29-22/h7-11,18,21H,3-6,12-17,19H2,1-2H3. The van der Waals surface area contributed by atoms with Gasteiger partial charge in [0.25, 0.3) is 0 Å². The SMILES string of the molecule is CCCCCC(=O)Oc1cccc2c1CCC(N(CCC)CCc1cccs1)C2. The molecular weight excluding hydrogens is 378 g/mol. The van der Waals surface area contributed by atoms with Gasteiger partial charge in [-0.25, -0.2) is 0 Å². The minimum Gasteiger partial charge on any atom is -0.426 e. The highest BCUT2D eigenvalue weighted by Gasteiger charge is 2.26. The lowest BCUT2D eigenvalue weighted by atomic mass is 9.86. The number of carbonyl (C=O) groups is 1. The second-order valence-corrected chi connectivity index (χ2v) is 9.12. The maximum atomic E-state index is 12.2. The smallest absolute Gasteiger partial charge is 0.311 e. The van der Waals surface area contributed by atoms with Crippen LogP contribution in [0.4, 0.5) is 0 Å². The maximum absolute atomic E-state index is 12.2. The first-order chi connectivity index (χ1) is 14.2. The molecule has 1 atom stereocenters. The summed E-state index contributed by atoms with van der Waals surface area (Å²) in [4.78, 5) is 16.3. The van der Waals surface area contributed by atoms with E-state index in [9.17, 15) is 4.79 Å². The zero-order chi connectivity index (χ0) is 20.5. The van der Waals surface area contributed by atoms with Crippen molar-refractivity contribution in [3.8, 4) is 5.75 Å². The first kappa shape index (κ1) is 22.0. The Hall–Kier alpha value is -1.65. The Morgan fingerprint density at radius 1 is 1.14 bits per heavy atom. The Morgan fingerprint density at radius 2 is 2.03 bits per heavy atom. The van der Waals surface area contributed by atoms with Gasteiger partial charge in [-0.3, -0.25) is 9.69 Å².